The zero-order valence-corrected chi connectivity index (χ0v) is 25.9. The highest BCUT2D eigenvalue weighted by atomic mass is 32.2. The number of hydrogen-bond acceptors (Lipinski definition) is 9. The molecule has 1 N–H and O–H groups in total. The number of nitrogens with zero attached hydrogens (tertiary/aromatic N) is 5. The molecule has 0 aliphatic carbocycles. The van der Waals surface area contributed by atoms with Crippen molar-refractivity contribution < 1.29 is 22.7 Å². The van der Waals surface area contributed by atoms with E-state index < -0.39 is 21.2 Å². The van der Waals surface area contributed by atoms with Crippen molar-refractivity contribution in [2.75, 3.05) is 35.9 Å². The summed E-state index contributed by atoms with van der Waals surface area (Å²) in [5, 5.41) is 5.09. The zero-order chi connectivity index (χ0) is 30.7. The fourth-order valence-corrected chi connectivity index (χ4v) is 7.39. The van der Waals surface area contributed by atoms with E-state index in [1.54, 1.807) is 31.3 Å². The summed E-state index contributed by atoms with van der Waals surface area (Å²) in [6.45, 7) is 5.67. The van der Waals surface area contributed by atoms with Crippen molar-refractivity contribution >= 4 is 38.5 Å². The number of nitrogens with one attached hydrogen (secondary N) is 1. The molecule has 0 bridgehead atoms. The van der Waals surface area contributed by atoms with Gasteiger partial charge in [0.2, 0.25) is 10.0 Å². The number of pyridine rings is 2. The molecule has 11 nitrogen and oxygen atoms in total. The van der Waals surface area contributed by atoms with Gasteiger partial charge in [-0.2, -0.15) is 5.10 Å². The Morgan fingerprint density at radius 1 is 1.09 bits per heavy atom. The Morgan fingerprint density at radius 3 is 2.55 bits per heavy atom. The first-order valence-electron chi connectivity index (χ1n) is 15.4. The van der Waals surface area contributed by atoms with E-state index in [1.807, 2.05) is 21.7 Å². The smallest absolute Gasteiger partial charge is 0.339 e. The predicted molar refractivity (Wildman–Crippen MR) is 169 cm³/mol. The first-order chi connectivity index (χ1) is 21.4. The quantitative estimate of drug-likeness (QED) is 0.247. The van der Waals surface area contributed by atoms with Crippen LogP contribution in [0.2, 0.25) is 0 Å². The van der Waals surface area contributed by atoms with Crippen molar-refractivity contribution in [1.29, 1.82) is 0 Å². The van der Waals surface area contributed by atoms with Crippen LogP contribution in [0, 0.1) is 0 Å². The molecule has 2 saturated heterocycles. The van der Waals surface area contributed by atoms with Gasteiger partial charge >= 0.3 is 5.97 Å². The lowest BCUT2D eigenvalue weighted by atomic mass is 10.0. The highest BCUT2D eigenvalue weighted by Crippen LogP contribution is 2.37. The van der Waals surface area contributed by atoms with E-state index in [1.165, 1.54) is 11.8 Å². The number of rotatable bonds is 9. The van der Waals surface area contributed by atoms with Crippen molar-refractivity contribution in [2.24, 2.45) is 0 Å². The molecule has 1 aromatic carbocycles. The summed E-state index contributed by atoms with van der Waals surface area (Å²) in [6.07, 6.45) is 7.31. The lowest BCUT2D eigenvalue weighted by Crippen LogP contribution is -2.41. The van der Waals surface area contributed by atoms with Gasteiger partial charge in [0.05, 0.1) is 34.7 Å². The average molecular weight is 619 g/mol. The summed E-state index contributed by atoms with van der Waals surface area (Å²) in [6, 6.07) is 13.3. The minimum Gasteiger partial charge on any atom is -0.462 e. The van der Waals surface area contributed by atoms with Gasteiger partial charge in [0.15, 0.2) is 11.9 Å². The van der Waals surface area contributed by atoms with Gasteiger partial charge in [-0.1, -0.05) is 31.2 Å². The average Bonchev–Trinajstić information content (AvgIpc) is 3.45. The summed E-state index contributed by atoms with van der Waals surface area (Å²) >= 11 is 0. The fraction of sp³-hybridized carbons (Fsp3) is 0.438. The summed E-state index contributed by atoms with van der Waals surface area (Å²) in [7, 11) is -3.60. The maximum absolute atomic E-state index is 13.5. The van der Waals surface area contributed by atoms with Gasteiger partial charge in [-0.05, 0) is 69.2 Å². The Labute approximate surface area is 257 Å². The SMILES string of the molecule is CCOC(=O)c1cc(N2CCC(S(=O)(=O)Nc3cccnc3)CC2)nc2c1c(-c1ccc(CC)cc1)nn2C1CCCCO1. The van der Waals surface area contributed by atoms with E-state index in [0.717, 1.165) is 31.2 Å². The lowest BCUT2D eigenvalue weighted by Gasteiger charge is -2.33. The molecule has 1 unspecified atom stereocenters. The molecule has 3 aromatic heterocycles. The molecule has 2 aliphatic rings. The summed E-state index contributed by atoms with van der Waals surface area (Å²) in [5.74, 6) is 0.135. The molecule has 2 aliphatic heterocycles. The largest absolute Gasteiger partial charge is 0.462 e. The molecule has 0 radical (unpaired) electrons. The number of benzene rings is 1. The number of anilines is 2. The third-order valence-electron chi connectivity index (χ3n) is 8.33. The van der Waals surface area contributed by atoms with Gasteiger partial charge in [0, 0.05) is 31.5 Å². The Kier molecular flexibility index (Phi) is 8.81. The third-order valence-corrected chi connectivity index (χ3v) is 10.2. The van der Waals surface area contributed by atoms with Crippen molar-refractivity contribution in [1.82, 2.24) is 19.7 Å². The minimum absolute atomic E-state index is 0.228. The second kappa shape index (κ2) is 12.9. The fourth-order valence-electron chi connectivity index (χ4n) is 5.94. The molecular weight excluding hydrogens is 580 g/mol. The number of carbonyl (C=O) groups excluding carboxylic acids is 1. The van der Waals surface area contributed by atoms with Crippen molar-refractivity contribution in [3.05, 3.63) is 66.0 Å². The standard InChI is InChI=1S/C32H38N6O5S/c1-3-22-10-12-23(13-11-22)30-29-26(32(39)42-4-2)20-27(34-31(29)38(35-30)28-9-5-6-19-43-28)37-17-14-25(15-18-37)44(40,41)36-24-8-7-16-33-21-24/h7-8,10-13,16,20-21,25,28,36H,3-6,9,14-15,17-19H2,1-2H3. The topological polar surface area (TPSA) is 129 Å². The van der Waals surface area contributed by atoms with Gasteiger partial charge in [-0.25, -0.2) is 22.9 Å². The van der Waals surface area contributed by atoms with E-state index in [0.29, 0.717) is 66.3 Å². The molecule has 0 spiro atoms. The number of piperidine rings is 1. The monoisotopic (exact) mass is 618 g/mol. The molecule has 44 heavy (non-hydrogen) atoms. The number of hydrogen-bond donors (Lipinski definition) is 1. The van der Waals surface area contributed by atoms with Crippen LogP contribution in [0.5, 0.6) is 0 Å². The zero-order valence-electron chi connectivity index (χ0n) is 25.1. The number of esters is 1. The van der Waals surface area contributed by atoms with Crippen molar-refractivity contribution in [2.45, 2.75) is 63.9 Å². The van der Waals surface area contributed by atoms with Crippen LogP contribution in [0.4, 0.5) is 11.5 Å². The maximum atomic E-state index is 13.5. The summed E-state index contributed by atoms with van der Waals surface area (Å²) in [4.78, 5) is 24.6. The molecule has 2 fully saturated rings. The summed E-state index contributed by atoms with van der Waals surface area (Å²) in [5.41, 5.74) is 4.13. The van der Waals surface area contributed by atoms with Crippen LogP contribution in [0.15, 0.2) is 54.9 Å². The Hall–Kier alpha value is -4.03. The Bertz CT molecular complexity index is 1710. The van der Waals surface area contributed by atoms with E-state index in [9.17, 15) is 13.2 Å². The molecule has 232 valence electrons. The molecule has 12 heteroatoms. The summed E-state index contributed by atoms with van der Waals surface area (Å²) < 4.78 is 42.4. The predicted octanol–water partition coefficient (Wildman–Crippen LogP) is 5.34. The number of carbonyl (C=O) groups is 1. The van der Waals surface area contributed by atoms with Crippen molar-refractivity contribution in [3.8, 4) is 11.3 Å². The highest BCUT2D eigenvalue weighted by molar-refractivity contribution is 7.93. The Morgan fingerprint density at radius 2 is 1.89 bits per heavy atom. The van der Waals surface area contributed by atoms with E-state index in [2.05, 4.69) is 28.8 Å². The van der Waals surface area contributed by atoms with E-state index in [4.69, 9.17) is 19.6 Å². The van der Waals surface area contributed by atoms with Crippen LogP contribution in [-0.4, -0.2) is 65.7 Å². The number of fused-ring (bicyclic) bond motifs is 1. The van der Waals surface area contributed by atoms with E-state index in [-0.39, 0.29) is 12.8 Å². The third kappa shape index (κ3) is 6.14. The minimum atomic E-state index is -3.60. The highest BCUT2D eigenvalue weighted by Gasteiger charge is 2.33. The molecule has 5 heterocycles. The second-order valence-electron chi connectivity index (χ2n) is 11.2. The molecule has 6 rings (SSSR count). The number of aryl methyl sites for hydroxylation is 1. The van der Waals surface area contributed by atoms with Gasteiger partial charge in [-0.3, -0.25) is 9.71 Å². The van der Waals surface area contributed by atoms with Crippen LogP contribution in [-0.2, 0) is 25.9 Å². The number of aromatic nitrogens is 4. The molecule has 1 atom stereocenters. The van der Waals surface area contributed by atoms with Gasteiger partial charge in [0.1, 0.15) is 11.5 Å². The molecule has 0 saturated carbocycles. The van der Waals surface area contributed by atoms with Crippen LogP contribution in [0.25, 0.3) is 22.3 Å². The maximum Gasteiger partial charge on any atom is 0.339 e. The van der Waals surface area contributed by atoms with Crippen LogP contribution >= 0.6 is 0 Å². The van der Waals surface area contributed by atoms with E-state index >= 15 is 0 Å². The number of sulfonamides is 1. The van der Waals surface area contributed by atoms with Crippen molar-refractivity contribution in [3.63, 3.8) is 0 Å². The Balaban J connectivity index is 1.38. The second-order valence-corrected chi connectivity index (χ2v) is 13.1. The molecule has 4 aromatic rings. The van der Waals surface area contributed by atoms with Crippen LogP contribution in [0.3, 0.4) is 0 Å². The first kappa shape index (κ1) is 30.0. The van der Waals surface area contributed by atoms with Gasteiger partial charge < -0.3 is 14.4 Å². The first-order valence-corrected chi connectivity index (χ1v) is 16.9. The van der Waals surface area contributed by atoms with Gasteiger partial charge in [0.25, 0.3) is 0 Å². The molecular formula is C32H38N6O5S. The normalized spacial score (nSPS) is 18.0. The van der Waals surface area contributed by atoms with Crippen LogP contribution < -0.4 is 9.62 Å². The molecule has 0 amide bonds. The van der Waals surface area contributed by atoms with Crippen LogP contribution in [0.1, 0.15) is 68.1 Å². The number of ether oxygens (including phenoxy) is 2. The lowest BCUT2D eigenvalue weighted by molar-refractivity contribution is -0.0368. The van der Waals surface area contributed by atoms with Gasteiger partial charge in [-0.15, -0.1) is 0 Å².